The van der Waals surface area contributed by atoms with Gasteiger partial charge in [-0.3, -0.25) is 0 Å². The fourth-order valence-electron chi connectivity index (χ4n) is 4.71. The molecule has 4 aromatic carbocycles. The fraction of sp³-hybridized carbons (Fsp3) is 0.219. The summed E-state index contributed by atoms with van der Waals surface area (Å²) in [7, 11) is -2.65. The fourth-order valence-corrected chi connectivity index (χ4v) is 9.25. The zero-order valence-corrected chi connectivity index (χ0v) is 24.0. The second kappa shape index (κ2) is 13.1. The Kier molecular flexibility index (Phi) is 9.40. The molecule has 0 saturated heterocycles. The molecule has 0 spiro atoms. The highest BCUT2D eigenvalue weighted by molar-refractivity contribution is 6.99. The number of nitrogens with zero attached hydrogens (tertiary/aromatic N) is 3. The maximum atomic E-state index is 12.7. The van der Waals surface area contributed by atoms with Crippen molar-refractivity contribution in [1.29, 1.82) is 0 Å². The number of benzene rings is 4. The van der Waals surface area contributed by atoms with E-state index in [1.165, 1.54) is 10.4 Å². The smallest absolute Gasteiger partial charge is 0.343 e. The van der Waals surface area contributed by atoms with Crippen LogP contribution in [0.3, 0.4) is 0 Å². The van der Waals surface area contributed by atoms with Crippen molar-refractivity contribution >= 4 is 24.7 Å². The van der Waals surface area contributed by atoms with E-state index < -0.39 is 14.3 Å². The summed E-state index contributed by atoms with van der Waals surface area (Å²) in [6, 6.07) is 35.1. The highest BCUT2D eigenvalue weighted by atomic mass is 28.4. The molecule has 7 nitrogen and oxygen atoms in total. The Bertz CT molecular complexity index is 1390. The molecule has 0 radical (unpaired) electrons. The number of azide groups is 1. The molecule has 40 heavy (non-hydrogen) atoms. The molecule has 0 saturated carbocycles. The van der Waals surface area contributed by atoms with Crippen molar-refractivity contribution in [2.45, 2.75) is 32.4 Å². The Morgan fingerprint density at radius 2 is 1.35 bits per heavy atom. The highest BCUT2D eigenvalue weighted by Gasteiger charge is 2.50. The number of carbonyl (C=O) groups excluding carboxylic acids is 1. The van der Waals surface area contributed by atoms with Gasteiger partial charge in [-0.2, -0.15) is 0 Å². The van der Waals surface area contributed by atoms with E-state index in [4.69, 9.17) is 19.4 Å². The van der Waals surface area contributed by atoms with E-state index in [9.17, 15) is 4.79 Å². The zero-order valence-electron chi connectivity index (χ0n) is 23.0. The lowest BCUT2D eigenvalue weighted by molar-refractivity contribution is 0.0734. The van der Waals surface area contributed by atoms with Crippen LogP contribution in [-0.2, 0) is 11.0 Å². The topological polar surface area (TPSA) is 93.5 Å². The second-order valence-corrected chi connectivity index (χ2v) is 14.6. The van der Waals surface area contributed by atoms with Crippen LogP contribution < -0.4 is 19.8 Å². The van der Waals surface area contributed by atoms with Crippen molar-refractivity contribution in [1.82, 2.24) is 0 Å². The van der Waals surface area contributed by atoms with E-state index in [1.807, 2.05) is 24.3 Å². The van der Waals surface area contributed by atoms with Gasteiger partial charge in [0, 0.05) is 4.91 Å². The summed E-state index contributed by atoms with van der Waals surface area (Å²) in [5.41, 5.74) is 9.72. The van der Waals surface area contributed by atoms with Gasteiger partial charge < -0.3 is 13.9 Å². The van der Waals surface area contributed by atoms with E-state index >= 15 is 0 Å². The standard InChI is InChI=1S/C32H33N3O4Si/c1-32(2,3)40(29-10-6-4-7-11-29,30-12-8-5-9-13-30)38-24-25-14-18-28(19-15-25)39-31(36)26-16-20-27(21-17-26)37-23-22-34-35-33/h4-21H,22-24H2,1-3H3. The van der Waals surface area contributed by atoms with Crippen molar-refractivity contribution in [3.63, 3.8) is 0 Å². The summed E-state index contributed by atoms with van der Waals surface area (Å²) in [4.78, 5) is 15.3. The quantitative estimate of drug-likeness (QED) is 0.0396. The van der Waals surface area contributed by atoms with Crippen LogP contribution in [0.25, 0.3) is 10.4 Å². The number of hydrogen-bond acceptors (Lipinski definition) is 5. The lowest BCUT2D eigenvalue weighted by Crippen LogP contribution is -2.66. The Morgan fingerprint density at radius 3 is 1.88 bits per heavy atom. The van der Waals surface area contributed by atoms with Crippen molar-refractivity contribution in [3.8, 4) is 11.5 Å². The first-order chi connectivity index (χ1) is 19.3. The van der Waals surface area contributed by atoms with Crippen molar-refractivity contribution in [2.75, 3.05) is 13.2 Å². The largest absolute Gasteiger partial charge is 0.493 e. The molecule has 0 atom stereocenters. The van der Waals surface area contributed by atoms with Gasteiger partial charge in [0.05, 0.1) is 25.3 Å². The first-order valence-corrected chi connectivity index (χ1v) is 15.0. The van der Waals surface area contributed by atoms with Crippen LogP contribution in [0.4, 0.5) is 0 Å². The molecule has 0 unspecified atom stereocenters. The maximum absolute atomic E-state index is 12.7. The zero-order chi connectivity index (χ0) is 28.4. The van der Waals surface area contributed by atoms with Gasteiger partial charge >= 0.3 is 5.97 Å². The van der Waals surface area contributed by atoms with E-state index in [0.29, 0.717) is 23.7 Å². The van der Waals surface area contributed by atoms with Gasteiger partial charge in [0.2, 0.25) is 0 Å². The summed E-state index contributed by atoms with van der Waals surface area (Å²) in [6.45, 7) is 7.69. The summed E-state index contributed by atoms with van der Waals surface area (Å²) < 4.78 is 18.0. The first kappa shape index (κ1) is 28.6. The van der Waals surface area contributed by atoms with E-state index in [2.05, 4.69) is 79.3 Å². The Balaban J connectivity index is 1.45. The van der Waals surface area contributed by atoms with Crippen LogP contribution in [0.5, 0.6) is 11.5 Å². The minimum atomic E-state index is -2.65. The number of ether oxygens (including phenoxy) is 2. The maximum Gasteiger partial charge on any atom is 0.343 e. The molecule has 204 valence electrons. The van der Waals surface area contributed by atoms with Crippen LogP contribution in [0.1, 0.15) is 36.7 Å². The Morgan fingerprint density at radius 1 is 0.800 bits per heavy atom. The molecule has 4 aromatic rings. The third kappa shape index (κ3) is 6.79. The van der Waals surface area contributed by atoms with Crippen molar-refractivity contribution in [3.05, 3.63) is 131 Å². The average Bonchev–Trinajstić information content (AvgIpc) is 2.97. The third-order valence-electron chi connectivity index (χ3n) is 6.62. The summed E-state index contributed by atoms with van der Waals surface area (Å²) in [5.74, 6) is 0.570. The van der Waals surface area contributed by atoms with Gasteiger partial charge in [0.1, 0.15) is 11.5 Å². The normalized spacial score (nSPS) is 11.4. The lowest BCUT2D eigenvalue weighted by atomic mass is 10.2. The van der Waals surface area contributed by atoms with Crippen LogP contribution in [0.2, 0.25) is 5.04 Å². The molecule has 8 heteroatoms. The van der Waals surface area contributed by atoms with Crippen LogP contribution in [0.15, 0.2) is 114 Å². The molecular formula is C32H33N3O4Si. The molecule has 0 N–H and O–H groups in total. The monoisotopic (exact) mass is 551 g/mol. The molecule has 4 rings (SSSR count). The molecule has 0 aliphatic heterocycles. The van der Waals surface area contributed by atoms with Gasteiger partial charge in [0.15, 0.2) is 0 Å². The van der Waals surface area contributed by atoms with Gasteiger partial charge in [0.25, 0.3) is 8.32 Å². The minimum Gasteiger partial charge on any atom is -0.493 e. The second-order valence-electron chi connectivity index (χ2n) is 10.3. The van der Waals surface area contributed by atoms with E-state index in [1.54, 1.807) is 36.4 Å². The predicted octanol–water partition coefficient (Wildman–Crippen LogP) is 6.67. The Labute approximate surface area is 236 Å². The first-order valence-electron chi connectivity index (χ1n) is 13.1. The number of rotatable bonds is 11. The molecule has 0 aliphatic rings. The van der Waals surface area contributed by atoms with E-state index in [0.717, 1.165) is 5.56 Å². The summed E-state index contributed by atoms with van der Waals surface area (Å²) >= 11 is 0. The summed E-state index contributed by atoms with van der Waals surface area (Å²) in [5, 5.41) is 5.76. The Hall–Kier alpha value is -4.36. The number of carbonyl (C=O) groups is 1. The molecule has 0 heterocycles. The molecule has 0 fully saturated rings. The average molecular weight is 552 g/mol. The number of esters is 1. The molecule has 0 amide bonds. The van der Waals surface area contributed by atoms with Crippen LogP contribution in [-0.4, -0.2) is 27.4 Å². The predicted molar refractivity (Wildman–Crippen MR) is 160 cm³/mol. The van der Waals surface area contributed by atoms with Gasteiger partial charge in [-0.15, -0.1) is 0 Å². The lowest BCUT2D eigenvalue weighted by Gasteiger charge is -2.43. The van der Waals surface area contributed by atoms with Gasteiger partial charge in [-0.05, 0) is 62.9 Å². The van der Waals surface area contributed by atoms with Crippen LogP contribution in [0, 0.1) is 0 Å². The van der Waals surface area contributed by atoms with Crippen molar-refractivity contribution < 1.29 is 18.7 Å². The molecule has 0 aromatic heterocycles. The SMILES string of the molecule is CC(C)(C)[Si](OCc1ccc(OC(=O)c2ccc(OCCN=[N+]=[N-])cc2)cc1)(c1ccccc1)c1ccccc1. The number of hydrogen-bond donors (Lipinski definition) is 0. The molecular weight excluding hydrogens is 518 g/mol. The van der Waals surface area contributed by atoms with Crippen molar-refractivity contribution in [2.24, 2.45) is 5.11 Å². The van der Waals surface area contributed by atoms with Gasteiger partial charge in [-0.25, -0.2) is 4.79 Å². The van der Waals surface area contributed by atoms with Crippen LogP contribution >= 0.6 is 0 Å². The minimum absolute atomic E-state index is 0.115. The third-order valence-corrected chi connectivity index (χ3v) is 11.6. The summed E-state index contributed by atoms with van der Waals surface area (Å²) in [6.07, 6.45) is 0. The molecule has 0 aliphatic carbocycles. The van der Waals surface area contributed by atoms with Gasteiger partial charge in [-0.1, -0.05) is 98.7 Å². The molecule has 0 bridgehead atoms. The highest BCUT2D eigenvalue weighted by Crippen LogP contribution is 2.37. The van der Waals surface area contributed by atoms with E-state index in [-0.39, 0.29) is 18.2 Å².